The van der Waals surface area contributed by atoms with E-state index in [1.165, 1.54) is 6.92 Å². The molecule has 0 aliphatic rings. The molecule has 0 fully saturated rings. The molecule has 0 saturated heterocycles. The highest BCUT2D eigenvalue weighted by atomic mass is 16.1. The first-order chi connectivity index (χ1) is 7.72. The topological polar surface area (TPSA) is 71.8 Å². The van der Waals surface area contributed by atoms with Gasteiger partial charge in [0.25, 0.3) is 0 Å². The lowest BCUT2D eigenvalue weighted by Gasteiger charge is -2.01. The van der Waals surface area contributed by atoms with Crippen LogP contribution in [0.5, 0.6) is 0 Å². The fourth-order valence-electron chi connectivity index (χ4n) is 1.29. The van der Waals surface area contributed by atoms with E-state index in [0.29, 0.717) is 6.54 Å². The molecule has 0 saturated carbocycles. The lowest BCUT2D eigenvalue weighted by molar-refractivity contribution is -0.118. The zero-order chi connectivity index (χ0) is 11.8. The molecule has 0 spiro atoms. The van der Waals surface area contributed by atoms with E-state index in [0.717, 1.165) is 31.7 Å². The lowest BCUT2D eigenvalue weighted by atomic mass is 10.4. The first-order valence-electron chi connectivity index (χ1n) is 5.56. The average Bonchev–Trinajstić information content (AvgIpc) is 2.69. The Balaban J connectivity index is 2.21. The smallest absolute Gasteiger partial charge is 0.216 e. The fourth-order valence-corrected chi connectivity index (χ4v) is 1.29. The Morgan fingerprint density at radius 3 is 3.06 bits per heavy atom. The van der Waals surface area contributed by atoms with Gasteiger partial charge in [0.15, 0.2) is 0 Å². The quantitative estimate of drug-likeness (QED) is 0.636. The number of nitrogens with zero attached hydrogens (tertiary/aromatic N) is 3. The van der Waals surface area contributed by atoms with Crippen molar-refractivity contribution >= 4 is 5.91 Å². The van der Waals surface area contributed by atoms with E-state index in [2.05, 4.69) is 27.9 Å². The molecule has 1 heterocycles. The van der Waals surface area contributed by atoms with Gasteiger partial charge in [-0.1, -0.05) is 12.1 Å². The molecule has 6 nitrogen and oxygen atoms in total. The van der Waals surface area contributed by atoms with Gasteiger partial charge in [-0.25, -0.2) is 0 Å². The van der Waals surface area contributed by atoms with Gasteiger partial charge < -0.3 is 10.6 Å². The van der Waals surface area contributed by atoms with Gasteiger partial charge in [-0.05, 0) is 13.0 Å². The molecule has 0 radical (unpaired) electrons. The van der Waals surface area contributed by atoms with Gasteiger partial charge in [-0.2, -0.15) is 0 Å². The molecular weight excluding hydrogens is 206 g/mol. The zero-order valence-electron chi connectivity index (χ0n) is 9.86. The largest absolute Gasteiger partial charge is 0.356 e. The number of nitrogens with one attached hydrogen (secondary N) is 2. The summed E-state index contributed by atoms with van der Waals surface area (Å²) in [5, 5.41) is 14.0. The molecule has 1 aromatic heterocycles. The van der Waals surface area contributed by atoms with Gasteiger partial charge in [0.05, 0.1) is 5.69 Å². The summed E-state index contributed by atoms with van der Waals surface area (Å²) in [4.78, 5) is 10.6. The summed E-state index contributed by atoms with van der Waals surface area (Å²) in [6.45, 7) is 6.70. The van der Waals surface area contributed by atoms with Crippen LogP contribution >= 0.6 is 0 Å². The van der Waals surface area contributed by atoms with E-state index in [1.54, 1.807) is 4.68 Å². The van der Waals surface area contributed by atoms with Crippen LogP contribution in [0.15, 0.2) is 6.20 Å². The van der Waals surface area contributed by atoms with Crippen LogP contribution in [0.3, 0.4) is 0 Å². The van der Waals surface area contributed by atoms with Gasteiger partial charge in [0, 0.05) is 32.8 Å². The maximum atomic E-state index is 10.6. The third-order valence-corrected chi connectivity index (χ3v) is 2.08. The molecule has 0 aliphatic heterocycles. The van der Waals surface area contributed by atoms with Crippen molar-refractivity contribution in [2.75, 3.05) is 13.1 Å². The highest BCUT2D eigenvalue weighted by molar-refractivity contribution is 5.72. The van der Waals surface area contributed by atoms with Gasteiger partial charge >= 0.3 is 0 Å². The number of aromatic nitrogens is 3. The predicted octanol–water partition coefficient (Wildman–Crippen LogP) is -0.0862. The minimum Gasteiger partial charge on any atom is -0.356 e. The molecule has 1 rings (SSSR count). The van der Waals surface area contributed by atoms with Crippen LogP contribution in [0.25, 0.3) is 0 Å². The van der Waals surface area contributed by atoms with Crippen LogP contribution in [0.2, 0.25) is 0 Å². The number of aryl methyl sites for hydroxylation is 1. The Hall–Kier alpha value is -1.43. The molecule has 1 aromatic rings. The molecule has 0 atom stereocenters. The Labute approximate surface area is 95.4 Å². The number of hydrogen-bond acceptors (Lipinski definition) is 4. The van der Waals surface area contributed by atoms with Gasteiger partial charge in [0.1, 0.15) is 0 Å². The van der Waals surface area contributed by atoms with Crippen LogP contribution in [-0.2, 0) is 17.9 Å². The second-order valence-electron chi connectivity index (χ2n) is 3.59. The minimum atomic E-state index is 0.00595. The van der Waals surface area contributed by atoms with E-state index in [1.807, 2.05) is 6.20 Å². The van der Waals surface area contributed by atoms with Crippen molar-refractivity contribution in [3.05, 3.63) is 11.9 Å². The first kappa shape index (κ1) is 12.6. The number of hydrogen-bond donors (Lipinski definition) is 2. The van der Waals surface area contributed by atoms with Crippen molar-refractivity contribution in [3.8, 4) is 0 Å². The Bertz CT molecular complexity index is 323. The molecule has 0 aliphatic carbocycles. The maximum absolute atomic E-state index is 10.6. The lowest BCUT2D eigenvalue weighted by Crippen LogP contribution is -2.22. The number of rotatable bonds is 7. The van der Waals surface area contributed by atoms with Gasteiger partial charge in [-0.15, -0.1) is 5.10 Å². The number of carbonyl (C=O) groups excluding carboxylic acids is 1. The van der Waals surface area contributed by atoms with Crippen molar-refractivity contribution in [2.45, 2.75) is 33.4 Å². The molecule has 90 valence electrons. The van der Waals surface area contributed by atoms with Crippen molar-refractivity contribution in [3.63, 3.8) is 0 Å². The molecule has 0 aromatic carbocycles. The van der Waals surface area contributed by atoms with Crippen LogP contribution < -0.4 is 10.6 Å². The van der Waals surface area contributed by atoms with Crippen molar-refractivity contribution in [1.82, 2.24) is 25.6 Å². The van der Waals surface area contributed by atoms with Crippen LogP contribution in [0.1, 0.15) is 26.0 Å². The highest BCUT2D eigenvalue weighted by Crippen LogP contribution is 1.93. The van der Waals surface area contributed by atoms with E-state index in [-0.39, 0.29) is 5.91 Å². The summed E-state index contributed by atoms with van der Waals surface area (Å²) in [5.74, 6) is 0.00595. The summed E-state index contributed by atoms with van der Waals surface area (Å²) in [6.07, 6.45) is 2.79. The summed E-state index contributed by atoms with van der Waals surface area (Å²) in [5.41, 5.74) is 0.946. The molecular formula is C10H19N5O. The number of amides is 1. The normalized spacial score (nSPS) is 10.4. The van der Waals surface area contributed by atoms with E-state index < -0.39 is 0 Å². The first-order valence-corrected chi connectivity index (χ1v) is 5.56. The molecule has 0 bridgehead atoms. The van der Waals surface area contributed by atoms with E-state index in [9.17, 15) is 4.79 Å². The summed E-state index contributed by atoms with van der Waals surface area (Å²) < 4.78 is 1.80. The van der Waals surface area contributed by atoms with Crippen LogP contribution in [0.4, 0.5) is 0 Å². The predicted molar refractivity (Wildman–Crippen MR) is 60.7 cm³/mol. The van der Waals surface area contributed by atoms with E-state index in [4.69, 9.17) is 0 Å². The maximum Gasteiger partial charge on any atom is 0.216 e. The van der Waals surface area contributed by atoms with Crippen LogP contribution in [0, 0.1) is 0 Å². The second kappa shape index (κ2) is 6.95. The summed E-state index contributed by atoms with van der Waals surface area (Å²) in [6, 6.07) is 0. The Morgan fingerprint density at radius 2 is 2.38 bits per heavy atom. The van der Waals surface area contributed by atoms with Crippen molar-refractivity contribution in [2.24, 2.45) is 0 Å². The zero-order valence-corrected chi connectivity index (χ0v) is 9.86. The molecule has 6 heteroatoms. The minimum absolute atomic E-state index is 0.00595. The SMILES string of the molecule is CCNCc1cn(CCCNC(C)=O)nn1. The second-order valence-corrected chi connectivity index (χ2v) is 3.59. The summed E-state index contributed by atoms with van der Waals surface area (Å²) >= 11 is 0. The Kier molecular flexibility index (Phi) is 5.49. The van der Waals surface area contributed by atoms with Gasteiger partial charge in [0.2, 0.25) is 5.91 Å². The molecule has 2 N–H and O–H groups in total. The monoisotopic (exact) mass is 225 g/mol. The fraction of sp³-hybridized carbons (Fsp3) is 0.700. The number of carbonyl (C=O) groups is 1. The van der Waals surface area contributed by atoms with Crippen molar-refractivity contribution < 1.29 is 4.79 Å². The van der Waals surface area contributed by atoms with Gasteiger partial charge in [-0.3, -0.25) is 9.48 Å². The van der Waals surface area contributed by atoms with Crippen molar-refractivity contribution in [1.29, 1.82) is 0 Å². The molecule has 1 amide bonds. The third kappa shape index (κ3) is 4.88. The molecule has 16 heavy (non-hydrogen) atoms. The van der Waals surface area contributed by atoms with Crippen LogP contribution in [-0.4, -0.2) is 34.0 Å². The standard InChI is InChI=1S/C10H19N5O/c1-3-11-7-10-8-15(14-13-10)6-4-5-12-9(2)16/h8,11H,3-7H2,1-2H3,(H,12,16). The Morgan fingerprint density at radius 1 is 1.56 bits per heavy atom. The molecule has 0 unspecified atom stereocenters. The van der Waals surface area contributed by atoms with E-state index >= 15 is 0 Å². The average molecular weight is 225 g/mol. The highest BCUT2D eigenvalue weighted by Gasteiger charge is 1.99. The summed E-state index contributed by atoms with van der Waals surface area (Å²) in [7, 11) is 0. The third-order valence-electron chi connectivity index (χ3n) is 2.08.